The van der Waals surface area contributed by atoms with E-state index in [9.17, 15) is 24.3 Å². The monoisotopic (exact) mass is 271 g/mol. The van der Waals surface area contributed by atoms with Crippen LogP contribution in [-0.4, -0.2) is 63.1 Å². The Morgan fingerprint density at radius 3 is 2.12 bits per heavy atom. The van der Waals surface area contributed by atoms with E-state index in [1.54, 1.807) is 0 Å². The number of hydrogen-bond acceptors (Lipinski definition) is 4. The van der Waals surface area contributed by atoms with Crippen molar-refractivity contribution in [1.82, 2.24) is 0 Å². The summed E-state index contributed by atoms with van der Waals surface area (Å²) in [6.45, 7) is -0.595. The molecule has 0 aliphatic carbocycles. The highest BCUT2D eigenvalue weighted by Gasteiger charge is 2.64. The summed E-state index contributed by atoms with van der Waals surface area (Å²) in [5.74, 6) is -1.62. The molecule has 0 spiro atoms. The lowest BCUT2D eigenvalue weighted by Crippen LogP contribution is -2.65. The quantitative estimate of drug-likeness (QED) is 0.220. The largest absolute Gasteiger partial charge is 0.476 e. The lowest BCUT2D eigenvalue weighted by atomic mass is 10.1. The Bertz CT molecular complexity index is 328. The normalized spacial score (nSPS) is 16.6. The molecule has 17 heavy (non-hydrogen) atoms. The molecule has 1 unspecified atom stereocenters. The minimum Gasteiger partial charge on any atom is -0.476 e. The fourth-order valence-corrected chi connectivity index (χ4v) is 3.25. The summed E-state index contributed by atoms with van der Waals surface area (Å²) in [6.07, 6.45) is -0.383. The summed E-state index contributed by atoms with van der Waals surface area (Å²) in [6, 6.07) is 0. The Morgan fingerprint density at radius 1 is 1.41 bits per heavy atom. The standard InChI is InChI=1S/C8H19N2O6P/c1-10(2,6-9)8(7(12)13,4-3-5-11)17(14,15)16/h11H,3-6,9H2,1-2H3,(H2-,12,13,14,15,16)/p+1. The number of hydrogen-bond donors (Lipinski definition) is 5. The number of carbonyl (C=O) groups is 1. The summed E-state index contributed by atoms with van der Waals surface area (Å²) in [7, 11) is -2.27. The van der Waals surface area contributed by atoms with E-state index in [2.05, 4.69) is 0 Å². The molecular formula is C8H20N2O6P+. The van der Waals surface area contributed by atoms with Crippen molar-refractivity contribution < 1.29 is 33.8 Å². The molecule has 8 nitrogen and oxygen atoms in total. The van der Waals surface area contributed by atoms with E-state index < -0.39 is 23.3 Å². The topological polar surface area (TPSA) is 141 Å². The number of aliphatic hydroxyl groups excluding tert-OH is 1. The molecule has 1 atom stereocenters. The molecular weight excluding hydrogens is 251 g/mol. The van der Waals surface area contributed by atoms with Gasteiger partial charge in [-0.15, -0.1) is 0 Å². The van der Waals surface area contributed by atoms with E-state index in [0.717, 1.165) is 0 Å². The number of aliphatic hydroxyl groups is 1. The van der Waals surface area contributed by atoms with Gasteiger partial charge in [0.2, 0.25) is 0 Å². The van der Waals surface area contributed by atoms with Gasteiger partial charge < -0.3 is 20.0 Å². The molecule has 0 bridgehead atoms. The first-order chi connectivity index (χ1) is 7.56. The first-order valence-corrected chi connectivity index (χ1v) is 6.61. The maximum atomic E-state index is 11.6. The summed E-state index contributed by atoms with van der Waals surface area (Å²) < 4.78 is 11.0. The van der Waals surface area contributed by atoms with Crippen LogP contribution in [0.15, 0.2) is 0 Å². The molecule has 0 heterocycles. The van der Waals surface area contributed by atoms with Crippen LogP contribution in [-0.2, 0) is 9.36 Å². The molecule has 0 amide bonds. The number of carboxylic acids is 1. The van der Waals surface area contributed by atoms with Crippen molar-refractivity contribution in [1.29, 1.82) is 0 Å². The van der Waals surface area contributed by atoms with Crippen molar-refractivity contribution in [3.63, 3.8) is 0 Å². The van der Waals surface area contributed by atoms with Crippen LogP contribution in [0.3, 0.4) is 0 Å². The minimum absolute atomic E-state index is 0.0287. The highest BCUT2D eigenvalue weighted by Crippen LogP contribution is 2.56. The lowest BCUT2D eigenvalue weighted by Gasteiger charge is -2.44. The molecule has 0 aliphatic rings. The number of carboxylic acid groups (broad SMARTS) is 1. The Balaban J connectivity index is 5.76. The van der Waals surface area contributed by atoms with Gasteiger partial charge in [-0.25, -0.2) is 4.79 Å². The van der Waals surface area contributed by atoms with Crippen molar-refractivity contribution in [3.05, 3.63) is 0 Å². The number of rotatable bonds is 7. The second kappa shape index (κ2) is 5.43. The van der Waals surface area contributed by atoms with Gasteiger partial charge in [0.25, 0.3) is 5.28 Å². The second-order valence-corrected chi connectivity index (χ2v) is 6.19. The highest BCUT2D eigenvalue weighted by molar-refractivity contribution is 7.54. The van der Waals surface area contributed by atoms with Gasteiger partial charge in [0.1, 0.15) is 6.67 Å². The van der Waals surface area contributed by atoms with Crippen LogP contribution < -0.4 is 5.73 Å². The predicted octanol–water partition coefficient (Wildman–Crippen LogP) is -1.29. The molecule has 102 valence electrons. The van der Waals surface area contributed by atoms with Gasteiger partial charge in [0.05, 0.1) is 14.1 Å². The fraction of sp³-hybridized carbons (Fsp3) is 0.875. The van der Waals surface area contributed by atoms with Gasteiger partial charge in [-0.1, -0.05) is 0 Å². The van der Waals surface area contributed by atoms with E-state index >= 15 is 0 Å². The third kappa shape index (κ3) is 2.85. The van der Waals surface area contributed by atoms with E-state index in [1.807, 2.05) is 0 Å². The zero-order chi connectivity index (χ0) is 13.9. The average molecular weight is 271 g/mol. The molecule has 0 aromatic rings. The van der Waals surface area contributed by atoms with Crippen LogP contribution in [0.1, 0.15) is 12.8 Å². The third-order valence-corrected chi connectivity index (χ3v) is 4.89. The van der Waals surface area contributed by atoms with Gasteiger partial charge in [-0.3, -0.25) is 14.8 Å². The van der Waals surface area contributed by atoms with Crippen molar-refractivity contribution in [3.8, 4) is 0 Å². The predicted molar refractivity (Wildman–Crippen MR) is 59.9 cm³/mol. The van der Waals surface area contributed by atoms with Crippen LogP contribution >= 0.6 is 7.60 Å². The van der Waals surface area contributed by atoms with Crippen LogP contribution in [0.5, 0.6) is 0 Å². The van der Waals surface area contributed by atoms with Crippen LogP contribution in [0.4, 0.5) is 0 Å². The van der Waals surface area contributed by atoms with E-state index in [1.165, 1.54) is 14.1 Å². The molecule has 0 saturated heterocycles. The summed E-state index contributed by atoms with van der Waals surface area (Å²) >= 11 is 0. The molecule has 0 saturated carbocycles. The van der Waals surface area contributed by atoms with Crippen molar-refractivity contribution >= 4 is 13.6 Å². The SMILES string of the molecule is C[N+](C)(CN)C(CCCO)(C(=O)O)P(=O)(O)O. The molecule has 0 aromatic carbocycles. The summed E-state index contributed by atoms with van der Waals surface area (Å²) in [5.41, 5.74) is 5.40. The molecule has 0 fully saturated rings. The Kier molecular flexibility index (Phi) is 5.27. The Labute approximate surface area is 99.4 Å². The molecule has 0 rings (SSSR count). The number of nitrogens with zero attached hydrogens (tertiary/aromatic N) is 1. The van der Waals surface area contributed by atoms with Crippen LogP contribution in [0, 0.1) is 0 Å². The van der Waals surface area contributed by atoms with Crippen molar-refractivity contribution in [2.45, 2.75) is 18.1 Å². The van der Waals surface area contributed by atoms with E-state index in [-0.39, 0.29) is 26.1 Å². The van der Waals surface area contributed by atoms with Crippen molar-refractivity contribution in [2.24, 2.45) is 5.73 Å². The zero-order valence-corrected chi connectivity index (χ0v) is 10.8. The molecule has 9 heteroatoms. The first kappa shape index (κ1) is 16.5. The highest BCUT2D eigenvalue weighted by atomic mass is 31.2. The number of quaternary nitrogens is 1. The zero-order valence-electron chi connectivity index (χ0n) is 9.91. The van der Waals surface area contributed by atoms with Gasteiger partial charge in [0.15, 0.2) is 0 Å². The number of aliphatic carboxylic acids is 1. The lowest BCUT2D eigenvalue weighted by molar-refractivity contribution is -0.919. The summed E-state index contributed by atoms with van der Waals surface area (Å²) in [4.78, 5) is 30.1. The Morgan fingerprint density at radius 2 is 1.88 bits per heavy atom. The van der Waals surface area contributed by atoms with Crippen LogP contribution in [0.2, 0.25) is 0 Å². The maximum Gasteiger partial charge on any atom is 0.397 e. The maximum absolute atomic E-state index is 11.6. The number of likely N-dealkylation sites (N-methyl/N-ethyl adjacent to an activating group) is 1. The molecule has 6 N–H and O–H groups in total. The third-order valence-electron chi connectivity index (χ3n) is 2.97. The van der Waals surface area contributed by atoms with Gasteiger partial charge >= 0.3 is 13.6 Å². The van der Waals surface area contributed by atoms with Gasteiger partial charge in [-0.2, -0.15) is 0 Å². The molecule has 0 aromatic heterocycles. The fourth-order valence-electron chi connectivity index (χ4n) is 1.77. The van der Waals surface area contributed by atoms with E-state index in [0.29, 0.717) is 0 Å². The second-order valence-electron chi connectivity index (χ2n) is 4.36. The smallest absolute Gasteiger partial charge is 0.397 e. The average Bonchev–Trinajstić information content (AvgIpc) is 2.15. The first-order valence-electron chi connectivity index (χ1n) is 5.00. The Hall–Kier alpha value is -0.500. The molecule has 0 aliphatic heterocycles. The minimum atomic E-state index is -4.95. The van der Waals surface area contributed by atoms with E-state index in [4.69, 9.17) is 10.8 Å². The van der Waals surface area contributed by atoms with Gasteiger partial charge in [-0.05, 0) is 6.42 Å². The van der Waals surface area contributed by atoms with Gasteiger partial charge in [0, 0.05) is 13.0 Å². The summed E-state index contributed by atoms with van der Waals surface area (Å²) in [5, 5.41) is 15.6. The number of nitrogens with two attached hydrogens (primary N) is 1. The van der Waals surface area contributed by atoms with Crippen molar-refractivity contribution in [2.75, 3.05) is 27.4 Å². The molecule has 0 radical (unpaired) electrons. The van der Waals surface area contributed by atoms with Crippen LogP contribution in [0.25, 0.3) is 0 Å².